The summed E-state index contributed by atoms with van der Waals surface area (Å²) in [6.07, 6.45) is 0.864. The molecule has 0 aliphatic carbocycles. The Labute approximate surface area is 107 Å². The van der Waals surface area contributed by atoms with Crippen LogP contribution in [-0.4, -0.2) is 9.97 Å². The Balaban J connectivity index is 2.24. The molecular weight excluding hydrogens is 226 g/mol. The molecule has 0 radical (unpaired) electrons. The van der Waals surface area contributed by atoms with E-state index in [2.05, 4.69) is 16.9 Å². The molecule has 2 N–H and O–H groups in total. The van der Waals surface area contributed by atoms with Gasteiger partial charge in [-0.25, -0.2) is 4.98 Å². The number of aromatic nitrogens is 2. The van der Waals surface area contributed by atoms with E-state index in [1.54, 1.807) is 0 Å². The molecule has 0 unspecified atom stereocenters. The number of hydrogen-bond acceptors (Lipinski definition) is 4. The number of benzene rings is 1. The third-order valence-corrected chi connectivity index (χ3v) is 2.59. The Bertz CT molecular complexity index is 540. The molecule has 0 saturated heterocycles. The van der Waals surface area contributed by atoms with Crippen LogP contribution in [0.2, 0.25) is 0 Å². The molecule has 0 saturated carbocycles. The summed E-state index contributed by atoms with van der Waals surface area (Å²) in [5, 5.41) is 0. The van der Waals surface area contributed by atoms with E-state index in [0.29, 0.717) is 12.4 Å². The van der Waals surface area contributed by atoms with Gasteiger partial charge in [0.15, 0.2) is 0 Å². The van der Waals surface area contributed by atoms with E-state index in [4.69, 9.17) is 10.5 Å². The number of nitrogens with zero attached hydrogens (tertiary/aromatic N) is 2. The Kier molecular flexibility index (Phi) is 3.89. The SMILES string of the molecule is CCc1cc(Oc2cccc(CN)c2)nc(C)n1. The van der Waals surface area contributed by atoms with Gasteiger partial charge >= 0.3 is 0 Å². The largest absolute Gasteiger partial charge is 0.439 e. The fourth-order valence-corrected chi connectivity index (χ4v) is 1.69. The molecule has 2 rings (SSSR count). The normalized spacial score (nSPS) is 10.4. The highest BCUT2D eigenvalue weighted by Crippen LogP contribution is 2.21. The van der Waals surface area contributed by atoms with Crippen molar-refractivity contribution in [3.8, 4) is 11.6 Å². The number of nitrogens with two attached hydrogens (primary N) is 1. The molecule has 94 valence electrons. The molecule has 0 aliphatic rings. The van der Waals surface area contributed by atoms with E-state index >= 15 is 0 Å². The lowest BCUT2D eigenvalue weighted by Crippen LogP contribution is -1.99. The van der Waals surface area contributed by atoms with Gasteiger partial charge in [0, 0.05) is 18.3 Å². The summed E-state index contributed by atoms with van der Waals surface area (Å²) >= 11 is 0. The molecule has 2 aromatic rings. The molecule has 1 heterocycles. The first-order chi connectivity index (χ1) is 8.71. The standard InChI is InChI=1S/C14H17N3O/c1-3-12-8-14(17-10(2)16-12)18-13-6-4-5-11(7-13)9-15/h4-8H,3,9,15H2,1-2H3. The van der Waals surface area contributed by atoms with Gasteiger partial charge in [-0.15, -0.1) is 0 Å². The lowest BCUT2D eigenvalue weighted by Gasteiger charge is -2.08. The fraction of sp³-hybridized carbons (Fsp3) is 0.286. The smallest absolute Gasteiger partial charge is 0.222 e. The maximum atomic E-state index is 5.74. The number of hydrogen-bond donors (Lipinski definition) is 1. The first-order valence-corrected chi connectivity index (χ1v) is 6.02. The van der Waals surface area contributed by atoms with E-state index in [0.717, 1.165) is 29.3 Å². The van der Waals surface area contributed by atoms with Gasteiger partial charge in [-0.1, -0.05) is 19.1 Å². The maximum absolute atomic E-state index is 5.74. The van der Waals surface area contributed by atoms with Crippen molar-refractivity contribution >= 4 is 0 Å². The summed E-state index contributed by atoms with van der Waals surface area (Å²) < 4.78 is 5.74. The lowest BCUT2D eigenvalue weighted by molar-refractivity contribution is 0.458. The van der Waals surface area contributed by atoms with Crippen LogP contribution in [0.5, 0.6) is 11.6 Å². The average Bonchev–Trinajstić information content (AvgIpc) is 2.38. The highest BCUT2D eigenvalue weighted by atomic mass is 16.5. The Morgan fingerprint density at radius 2 is 2.06 bits per heavy atom. The molecule has 0 atom stereocenters. The van der Waals surface area contributed by atoms with E-state index in [-0.39, 0.29) is 0 Å². The van der Waals surface area contributed by atoms with Crippen molar-refractivity contribution in [1.29, 1.82) is 0 Å². The Morgan fingerprint density at radius 3 is 2.78 bits per heavy atom. The van der Waals surface area contributed by atoms with Gasteiger partial charge in [0.05, 0.1) is 0 Å². The molecule has 0 bridgehead atoms. The first kappa shape index (κ1) is 12.5. The molecule has 1 aromatic carbocycles. The first-order valence-electron chi connectivity index (χ1n) is 6.02. The highest BCUT2D eigenvalue weighted by Gasteiger charge is 2.03. The molecule has 4 heteroatoms. The molecule has 4 nitrogen and oxygen atoms in total. The predicted octanol–water partition coefficient (Wildman–Crippen LogP) is 2.60. The lowest BCUT2D eigenvalue weighted by atomic mass is 10.2. The number of ether oxygens (including phenoxy) is 1. The average molecular weight is 243 g/mol. The van der Waals surface area contributed by atoms with E-state index < -0.39 is 0 Å². The second-order valence-corrected chi connectivity index (χ2v) is 4.05. The van der Waals surface area contributed by atoms with Crippen molar-refractivity contribution in [2.75, 3.05) is 0 Å². The fourth-order valence-electron chi connectivity index (χ4n) is 1.69. The summed E-state index contributed by atoms with van der Waals surface area (Å²) in [5.41, 5.74) is 7.62. The van der Waals surface area contributed by atoms with Crippen LogP contribution in [0.3, 0.4) is 0 Å². The maximum Gasteiger partial charge on any atom is 0.222 e. The van der Waals surface area contributed by atoms with Gasteiger partial charge < -0.3 is 10.5 Å². The van der Waals surface area contributed by atoms with Crippen molar-refractivity contribution in [2.45, 2.75) is 26.8 Å². The number of rotatable bonds is 4. The summed E-state index contributed by atoms with van der Waals surface area (Å²) in [6.45, 7) is 4.42. The molecule has 18 heavy (non-hydrogen) atoms. The minimum Gasteiger partial charge on any atom is -0.439 e. The summed E-state index contributed by atoms with van der Waals surface area (Å²) in [7, 11) is 0. The number of aryl methyl sites for hydroxylation is 2. The van der Waals surface area contributed by atoms with Crippen LogP contribution < -0.4 is 10.5 Å². The highest BCUT2D eigenvalue weighted by molar-refractivity contribution is 5.32. The summed E-state index contributed by atoms with van der Waals surface area (Å²) in [6, 6.07) is 9.56. The van der Waals surface area contributed by atoms with Crippen LogP contribution in [-0.2, 0) is 13.0 Å². The summed E-state index contributed by atoms with van der Waals surface area (Å²) in [4.78, 5) is 8.58. The Hall–Kier alpha value is -1.94. The second kappa shape index (κ2) is 5.60. The molecule has 0 aliphatic heterocycles. The Morgan fingerprint density at radius 1 is 1.22 bits per heavy atom. The van der Waals surface area contributed by atoms with Crippen LogP contribution >= 0.6 is 0 Å². The third-order valence-electron chi connectivity index (χ3n) is 2.59. The van der Waals surface area contributed by atoms with Crippen LogP contribution in [0.25, 0.3) is 0 Å². The van der Waals surface area contributed by atoms with Gasteiger partial charge in [0.1, 0.15) is 11.6 Å². The third kappa shape index (κ3) is 3.05. The van der Waals surface area contributed by atoms with Crippen LogP contribution in [0.1, 0.15) is 24.0 Å². The summed E-state index contributed by atoms with van der Waals surface area (Å²) in [5.74, 6) is 2.05. The minimum absolute atomic E-state index is 0.500. The zero-order valence-electron chi connectivity index (χ0n) is 10.7. The van der Waals surface area contributed by atoms with Crippen molar-refractivity contribution in [3.05, 3.63) is 47.4 Å². The van der Waals surface area contributed by atoms with Crippen molar-refractivity contribution < 1.29 is 4.74 Å². The topological polar surface area (TPSA) is 61.0 Å². The predicted molar refractivity (Wildman–Crippen MR) is 70.6 cm³/mol. The molecule has 0 fully saturated rings. The molecule has 0 amide bonds. The van der Waals surface area contributed by atoms with Gasteiger partial charge in [0.2, 0.25) is 5.88 Å². The van der Waals surface area contributed by atoms with Crippen molar-refractivity contribution in [1.82, 2.24) is 9.97 Å². The molecule has 1 aromatic heterocycles. The van der Waals surface area contributed by atoms with Gasteiger partial charge in [0.25, 0.3) is 0 Å². The second-order valence-electron chi connectivity index (χ2n) is 4.05. The zero-order valence-corrected chi connectivity index (χ0v) is 10.7. The molecule has 0 spiro atoms. The van der Waals surface area contributed by atoms with Gasteiger partial charge in [-0.05, 0) is 31.0 Å². The van der Waals surface area contributed by atoms with Crippen LogP contribution in [0, 0.1) is 6.92 Å². The molecular formula is C14H17N3O. The van der Waals surface area contributed by atoms with E-state index in [9.17, 15) is 0 Å². The quantitative estimate of drug-likeness (QED) is 0.896. The zero-order chi connectivity index (χ0) is 13.0. The van der Waals surface area contributed by atoms with Crippen LogP contribution in [0.15, 0.2) is 30.3 Å². The van der Waals surface area contributed by atoms with Gasteiger partial charge in [-0.3, -0.25) is 0 Å². The van der Waals surface area contributed by atoms with E-state index in [1.807, 2.05) is 37.3 Å². The minimum atomic E-state index is 0.500. The van der Waals surface area contributed by atoms with Crippen molar-refractivity contribution in [3.63, 3.8) is 0 Å². The van der Waals surface area contributed by atoms with Crippen molar-refractivity contribution in [2.24, 2.45) is 5.73 Å². The van der Waals surface area contributed by atoms with Gasteiger partial charge in [-0.2, -0.15) is 4.98 Å². The van der Waals surface area contributed by atoms with E-state index in [1.165, 1.54) is 0 Å². The van der Waals surface area contributed by atoms with Crippen LogP contribution in [0.4, 0.5) is 0 Å². The monoisotopic (exact) mass is 243 g/mol.